The summed E-state index contributed by atoms with van der Waals surface area (Å²) in [6, 6.07) is 15.8. The van der Waals surface area contributed by atoms with Crippen LogP contribution in [-0.2, 0) is 6.54 Å². The zero-order valence-corrected chi connectivity index (χ0v) is 13.1. The fraction of sp³-hybridized carbons (Fsp3) is 0.111. The number of halogens is 1. The second kappa shape index (κ2) is 6.95. The number of nitrogens with one attached hydrogen (secondary N) is 1. The molecule has 0 bridgehead atoms. The first-order chi connectivity index (χ1) is 11.6. The number of benzene rings is 2. The number of rotatable bonds is 4. The summed E-state index contributed by atoms with van der Waals surface area (Å²) in [5, 5.41) is 6.75. The van der Waals surface area contributed by atoms with Gasteiger partial charge < -0.3 is 10.1 Å². The highest BCUT2D eigenvalue weighted by Gasteiger charge is 2.13. The van der Waals surface area contributed by atoms with Crippen molar-refractivity contribution in [2.75, 3.05) is 0 Å². The van der Waals surface area contributed by atoms with Crippen molar-refractivity contribution >= 4 is 6.09 Å². The molecular formula is C18H16FN3O2. The summed E-state index contributed by atoms with van der Waals surface area (Å²) in [6.07, 6.45) is 0.819. The third-order valence-electron chi connectivity index (χ3n) is 3.55. The molecule has 1 aromatic heterocycles. The molecule has 122 valence electrons. The van der Waals surface area contributed by atoms with Crippen molar-refractivity contribution in [1.29, 1.82) is 0 Å². The van der Waals surface area contributed by atoms with Crippen LogP contribution in [0.5, 0.6) is 5.75 Å². The zero-order valence-electron chi connectivity index (χ0n) is 13.1. The average molecular weight is 325 g/mol. The van der Waals surface area contributed by atoms with Crippen LogP contribution >= 0.6 is 0 Å². The Morgan fingerprint density at radius 2 is 1.88 bits per heavy atom. The number of carbonyl (C=O) groups excluding carboxylic acids is 1. The SMILES string of the molecule is Cc1c(OC(=O)NCc2ccccc2F)cnn1-c1ccccc1. The van der Waals surface area contributed by atoms with Crippen molar-refractivity contribution in [1.82, 2.24) is 15.1 Å². The smallest absolute Gasteiger partial charge is 0.407 e. The van der Waals surface area contributed by atoms with Crippen molar-refractivity contribution in [2.45, 2.75) is 13.5 Å². The summed E-state index contributed by atoms with van der Waals surface area (Å²) in [7, 11) is 0. The highest BCUT2D eigenvalue weighted by molar-refractivity contribution is 5.70. The Kier molecular flexibility index (Phi) is 4.56. The number of carbonyl (C=O) groups is 1. The minimum Gasteiger partial charge on any atom is -0.407 e. The molecule has 0 aliphatic rings. The lowest BCUT2D eigenvalue weighted by atomic mass is 10.2. The van der Waals surface area contributed by atoms with Crippen LogP contribution in [-0.4, -0.2) is 15.9 Å². The molecule has 0 saturated carbocycles. The van der Waals surface area contributed by atoms with Gasteiger partial charge in [0.25, 0.3) is 0 Å². The molecule has 6 heteroatoms. The molecule has 0 fully saturated rings. The van der Waals surface area contributed by atoms with Gasteiger partial charge in [-0.3, -0.25) is 0 Å². The van der Waals surface area contributed by atoms with Gasteiger partial charge in [0.2, 0.25) is 0 Å². The molecule has 0 unspecified atom stereocenters. The molecule has 0 aliphatic heterocycles. The molecule has 5 nitrogen and oxygen atoms in total. The highest BCUT2D eigenvalue weighted by atomic mass is 19.1. The molecule has 3 rings (SSSR count). The molecule has 0 radical (unpaired) electrons. The van der Waals surface area contributed by atoms with E-state index in [0.717, 1.165) is 5.69 Å². The van der Waals surface area contributed by atoms with Crippen LogP contribution in [0.4, 0.5) is 9.18 Å². The number of amides is 1. The molecule has 1 N–H and O–H groups in total. The first kappa shape index (κ1) is 15.7. The van der Waals surface area contributed by atoms with E-state index in [1.54, 1.807) is 29.8 Å². The lowest BCUT2D eigenvalue weighted by Crippen LogP contribution is -2.26. The Morgan fingerprint density at radius 1 is 1.17 bits per heavy atom. The summed E-state index contributed by atoms with van der Waals surface area (Å²) in [4.78, 5) is 11.9. The molecule has 1 heterocycles. The van der Waals surface area contributed by atoms with Crippen LogP contribution in [0.15, 0.2) is 60.8 Å². The van der Waals surface area contributed by atoms with Crippen molar-refractivity contribution in [3.63, 3.8) is 0 Å². The normalized spacial score (nSPS) is 10.4. The van der Waals surface area contributed by atoms with Gasteiger partial charge in [-0.05, 0) is 25.1 Å². The Morgan fingerprint density at radius 3 is 2.62 bits per heavy atom. The van der Waals surface area contributed by atoms with Crippen LogP contribution in [0, 0.1) is 12.7 Å². The maximum absolute atomic E-state index is 13.5. The molecule has 3 aromatic rings. The highest BCUT2D eigenvalue weighted by Crippen LogP contribution is 2.20. The Labute approximate surface area is 138 Å². The summed E-state index contributed by atoms with van der Waals surface area (Å²) < 4.78 is 20.4. The fourth-order valence-corrected chi connectivity index (χ4v) is 2.27. The molecule has 1 amide bonds. The van der Waals surface area contributed by atoms with Crippen molar-refractivity contribution in [3.05, 3.63) is 77.9 Å². The van der Waals surface area contributed by atoms with Gasteiger partial charge in [0.15, 0.2) is 5.75 Å². The van der Waals surface area contributed by atoms with Gasteiger partial charge in [-0.15, -0.1) is 0 Å². The summed E-state index contributed by atoms with van der Waals surface area (Å²) in [5.74, 6) is -0.0178. The van der Waals surface area contributed by atoms with E-state index in [4.69, 9.17) is 4.74 Å². The maximum Gasteiger partial charge on any atom is 0.412 e. The van der Waals surface area contributed by atoms with Gasteiger partial charge in [0, 0.05) is 12.1 Å². The van der Waals surface area contributed by atoms with Crippen LogP contribution in [0.2, 0.25) is 0 Å². The van der Waals surface area contributed by atoms with Gasteiger partial charge in [-0.2, -0.15) is 5.10 Å². The van der Waals surface area contributed by atoms with Crippen molar-refractivity contribution in [2.24, 2.45) is 0 Å². The number of hydrogen-bond acceptors (Lipinski definition) is 3. The average Bonchev–Trinajstić information content (AvgIpc) is 2.96. The minimum atomic E-state index is -0.658. The number of ether oxygens (including phenoxy) is 1. The molecule has 0 aliphatic carbocycles. The molecule has 24 heavy (non-hydrogen) atoms. The number of para-hydroxylation sites is 1. The number of hydrogen-bond donors (Lipinski definition) is 1. The molecule has 2 aromatic carbocycles. The predicted octanol–water partition coefficient (Wildman–Crippen LogP) is 3.61. The maximum atomic E-state index is 13.5. The second-order valence-electron chi connectivity index (χ2n) is 5.18. The van der Waals surface area contributed by atoms with Gasteiger partial charge in [0.1, 0.15) is 5.82 Å². The molecule has 0 saturated heterocycles. The quantitative estimate of drug-likeness (QED) is 0.797. The number of nitrogens with zero attached hydrogens (tertiary/aromatic N) is 2. The lowest BCUT2D eigenvalue weighted by molar-refractivity contribution is 0.199. The minimum absolute atomic E-state index is 0.0530. The Balaban J connectivity index is 1.65. The summed E-state index contributed by atoms with van der Waals surface area (Å²) >= 11 is 0. The van der Waals surface area contributed by atoms with Crippen LogP contribution in [0.25, 0.3) is 5.69 Å². The Hall–Kier alpha value is -3.15. The van der Waals surface area contributed by atoms with E-state index in [0.29, 0.717) is 17.0 Å². The molecule has 0 atom stereocenters. The molecular weight excluding hydrogens is 309 g/mol. The van der Waals surface area contributed by atoms with Gasteiger partial charge in [-0.25, -0.2) is 13.9 Å². The van der Waals surface area contributed by atoms with E-state index in [-0.39, 0.29) is 12.4 Å². The third kappa shape index (κ3) is 3.43. The van der Waals surface area contributed by atoms with E-state index in [1.807, 2.05) is 30.3 Å². The number of aromatic nitrogens is 2. The second-order valence-corrected chi connectivity index (χ2v) is 5.18. The lowest BCUT2D eigenvalue weighted by Gasteiger charge is -2.08. The molecule has 0 spiro atoms. The Bertz CT molecular complexity index is 846. The van der Waals surface area contributed by atoms with Crippen molar-refractivity contribution < 1.29 is 13.9 Å². The standard InChI is InChI=1S/C18H16FN3O2/c1-13-17(12-21-22(13)15-8-3-2-4-9-15)24-18(23)20-11-14-7-5-6-10-16(14)19/h2-10,12H,11H2,1H3,(H,20,23). The van der Waals surface area contributed by atoms with Crippen molar-refractivity contribution in [3.8, 4) is 11.4 Å². The predicted molar refractivity (Wildman–Crippen MR) is 87.6 cm³/mol. The van der Waals surface area contributed by atoms with E-state index >= 15 is 0 Å². The summed E-state index contributed by atoms with van der Waals surface area (Å²) in [5.41, 5.74) is 1.96. The van der Waals surface area contributed by atoms with Gasteiger partial charge in [-0.1, -0.05) is 36.4 Å². The van der Waals surface area contributed by atoms with Crippen LogP contribution in [0.3, 0.4) is 0 Å². The zero-order chi connectivity index (χ0) is 16.9. The fourth-order valence-electron chi connectivity index (χ4n) is 2.27. The third-order valence-corrected chi connectivity index (χ3v) is 3.55. The summed E-state index contributed by atoms with van der Waals surface area (Å²) in [6.45, 7) is 1.86. The van der Waals surface area contributed by atoms with Gasteiger partial charge >= 0.3 is 6.09 Å². The van der Waals surface area contributed by atoms with E-state index in [1.165, 1.54) is 12.3 Å². The van der Waals surface area contributed by atoms with E-state index < -0.39 is 6.09 Å². The first-order valence-electron chi connectivity index (χ1n) is 7.44. The van der Waals surface area contributed by atoms with E-state index in [9.17, 15) is 9.18 Å². The van der Waals surface area contributed by atoms with Crippen LogP contribution < -0.4 is 10.1 Å². The largest absolute Gasteiger partial charge is 0.412 e. The van der Waals surface area contributed by atoms with E-state index in [2.05, 4.69) is 10.4 Å². The van der Waals surface area contributed by atoms with Gasteiger partial charge in [0.05, 0.1) is 17.6 Å². The van der Waals surface area contributed by atoms with Crippen LogP contribution in [0.1, 0.15) is 11.3 Å². The first-order valence-corrected chi connectivity index (χ1v) is 7.44. The monoisotopic (exact) mass is 325 g/mol. The topological polar surface area (TPSA) is 56.1 Å².